The van der Waals surface area contributed by atoms with Crippen LogP contribution in [0.25, 0.3) is 0 Å². The van der Waals surface area contributed by atoms with Crippen molar-refractivity contribution in [2.45, 2.75) is 44.8 Å². The van der Waals surface area contributed by atoms with Gasteiger partial charge >= 0.3 is 5.97 Å². The van der Waals surface area contributed by atoms with Crippen LogP contribution in [-0.4, -0.2) is 51.6 Å². The molecule has 1 atom stereocenters. The van der Waals surface area contributed by atoms with Gasteiger partial charge in [-0.2, -0.15) is 0 Å². The molecular formula is C19H25NO5S. The fraction of sp³-hybridized carbons (Fsp3) is 0.474. The van der Waals surface area contributed by atoms with Gasteiger partial charge in [-0.15, -0.1) is 0 Å². The predicted molar refractivity (Wildman–Crippen MR) is 101 cm³/mol. The van der Waals surface area contributed by atoms with E-state index in [4.69, 9.17) is 5.11 Å². The van der Waals surface area contributed by atoms with Gasteiger partial charge < -0.3 is 10.0 Å². The Bertz CT molecular complexity index is 691. The van der Waals surface area contributed by atoms with Crippen LogP contribution in [0, 0.1) is 0 Å². The van der Waals surface area contributed by atoms with Crippen molar-refractivity contribution in [2.24, 2.45) is 0 Å². The van der Waals surface area contributed by atoms with Gasteiger partial charge in [0, 0.05) is 26.0 Å². The second kappa shape index (κ2) is 8.98. The highest BCUT2D eigenvalue weighted by Crippen LogP contribution is 2.25. The van der Waals surface area contributed by atoms with Gasteiger partial charge in [-0.05, 0) is 11.0 Å². The Morgan fingerprint density at radius 2 is 1.65 bits per heavy atom. The second-order valence-corrected chi connectivity index (χ2v) is 8.52. The largest absolute Gasteiger partial charge is 0.480 e. The summed E-state index contributed by atoms with van der Waals surface area (Å²) in [5, 5.41) is 7.62. The zero-order chi connectivity index (χ0) is 20.1. The number of benzene rings is 1. The Balaban J connectivity index is 2.97. The van der Waals surface area contributed by atoms with Crippen LogP contribution in [0.1, 0.15) is 50.0 Å². The summed E-state index contributed by atoms with van der Waals surface area (Å²) in [6, 6.07) is 7.12. The first-order valence-corrected chi connectivity index (χ1v) is 9.07. The second-order valence-electron chi connectivity index (χ2n) is 7.14. The van der Waals surface area contributed by atoms with Crippen LogP contribution < -0.4 is 0 Å². The number of carbonyl (C=O) groups is 4. The molecule has 1 N–H and O–H groups in total. The Morgan fingerprint density at radius 1 is 1.12 bits per heavy atom. The summed E-state index contributed by atoms with van der Waals surface area (Å²) in [4.78, 5) is 48.2. The van der Waals surface area contributed by atoms with Crippen molar-refractivity contribution in [1.82, 2.24) is 4.90 Å². The van der Waals surface area contributed by atoms with Crippen molar-refractivity contribution in [3.63, 3.8) is 0 Å². The van der Waals surface area contributed by atoms with Crippen LogP contribution in [0.4, 0.5) is 0 Å². The number of Topliss-reactive ketones (excluding diaryl/α,β-unsaturated/α-hetero) is 1. The molecule has 7 heteroatoms. The molecule has 1 amide bonds. The van der Waals surface area contributed by atoms with E-state index >= 15 is 0 Å². The third-order valence-electron chi connectivity index (χ3n) is 3.79. The Labute approximate surface area is 157 Å². The maximum absolute atomic E-state index is 12.8. The predicted octanol–water partition coefficient (Wildman–Crippen LogP) is 2.75. The van der Waals surface area contributed by atoms with E-state index in [9.17, 15) is 19.2 Å². The number of carboxylic acid groups (broad SMARTS) is 1. The molecule has 0 radical (unpaired) electrons. The summed E-state index contributed by atoms with van der Waals surface area (Å²) in [6.07, 6.45) is -0.228. The van der Waals surface area contributed by atoms with E-state index < -0.39 is 23.7 Å². The number of amides is 1. The number of hydrogen-bond donors (Lipinski definition) is 1. The lowest BCUT2D eigenvalue weighted by atomic mass is 9.86. The summed E-state index contributed by atoms with van der Waals surface area (Å²) in [6.45, 7) is 7.07. The van der Waals surface area contributed by atoms with Crippen LogP contribution >= 0.6 is 11.8 Å². The molecule has 1 rings (SSSR count). The number of thioether (sulfide) groups is 1. The van der Waals surface area contributed by atoms with Crippen molar-refractivity contribution in [3.05, 3.63) is 35.4 Å². The van der Waals surface area contributed by atoms with Crippen LogP contribution in [0.3, 0.4) is 0 Å². The molecule has 0 spiro atoms. The highest BCUT2D eigenvalue weighted by molar-refractivity contribution is 8.14. The van der Waals surface area contributed by atoms with E-state index in [2.05, 4.69) is 20.8 Å². The molecule has 0 aliphatic rings. The van der Waals surface area contributed by atoms with E-state index in [-0.39, 0.29) is 22.7 Å². The third-order valence-corrected chi connectivity index (χ3v) is 4.79. The summed E-state index contributed by atoms with van der Waals surface area (Å²) in [7, 11) is 1.36. The maximum Gasteiger partial charge on any atom is 0.323 e. The highest BCUT2D eigenvalue weighted by atomic mass is 32.2. The molecule has 0 aliphatic carbocycles. The van der Waals surface area contributed by atoms with Gasteiger partial charge in [-0.1, -0.05) is 56.8 Å². The minimum absolute atomic E-state index is 0.0510. The van der Waals surface area contributed by atoms with Crippen molar-refractivity contribution in [2.75, 3.05) is 13.6 Å². The maximum atomic E-state index is 12.8. The number of rotatable bonds is 7. The van der Waals surface area contributed by atoms with Gasteiger partial charge in [0.2, 0.25) is 5.91 Å². The molecule has 26 heavy (non-hydrogen) atoms. The van der Waals surface area contributed by atoms with Crippen LogP contribution in [0.2, 0.25) is 0 Å². The molecule has 0 heterocycles. The average Bonchev–Trinajstić information content (AvgIpc) is 2.51. The number of carboxylic acids is 1. The standard InChI is InChI=1S/C19H25NO5S/c1-12(21)26-15(10-16(22)20(5)11-17(23)24)18(25)13-6-8-14(9-7-13)19(2,3)4/h6-9,15H,10-11H2,1-5H3,(H,23,24). The summed E-state index contributed by atoms with van der Waals surface area (Å²) in [5.41, 5.74) is 1.44. The smallest absolute Gasteiger partial charge is 0.323 e. The minimum atomic E-state index is -1.14. The van der Waals surface area contributed by atoms with Crippen LogP contribution in [-0.2, 0) is 19.8 Å². The molecule has 0 bridgehead atoms. The molecule has 6 nitrogen and oxygen atoms in total. The van der Waals surface area contributed by atoms with Crippen LogP contribution in [0.5, 0.6) is 0 Å². The van der Waals surface area contributed by atoms with Crippen molar-refractivity contribution in [3.8, 4) is 0 Å². The number of nitrogens with zero attached hydrogens (tertiary/aromatic N) is 1. The lowest BCUT2D eigenvalue weighted by Gasteiger charge is -2.20. The molecule has 1 unspecified atom stereocenters. The van der Waals surface area contributed by atoms with Gasteiger partial charge in [-0.25, -0.2) is 0 Å². The number of carbonyl (C=O) groups excluding carboxylic acids is 3. The topological polar surface area (TPSA) is 91.8 Å². The number of aliphatic carboxylic acids is 1. The molecular weight excluding hydrogens is 354 g/mol. The third kappa shape index (κ3) is 6.63. The Kier molecular flexibility index (Phi) is 7.56. The van der Waals surface area contributed by atoms with Crippen LogP contribution in [0.15, 0.2) is 24.3 Å². The first-order chi connectivity index (χ1) is 11.9. The SMILES string of the molecule is CC(=O)SC(CC(=O)N(C)CC(=O)O)C(=O)c1ccc(C(C)(C)C)cc1. The summed E-state index contributed by atoms with van der Waals surface area (Å²) < 4.78 is 0. The van der Waals surface area contributed by atoms with Crippen molar-refractivity contribution < 1.29 is 24.3 Å². The molecule has 0 aromatic heterocycles. The van der Waals surface area contributed by atoms with Gasteiger partial charge in [0.05, 0.1) is 5.25 Å². The zero-order valence-electron chi connectivity index (χ0n) is 15.7. The van der Waals surface area contributed by atoms with E-state index in [1.165, 1.54) is 14.0 Å². The highest BCUT2D eigenvalue weighted by Gasteiger charge is 2.27. The van der Waals surface area contributed by atoms with E-state index in [0.717, 1.165) is 22.2 Å². The first-order valence-electron chi connectivity index (χ1n) is 8.19. The monoisotopic (exact) mass is 379 g/mol. The fourth-order valence-electron chi connectivity index (χ4n) is 2.31. The van der Waals surface area contributed by atoms with Gasteiger partial charge in [0.15, 0.2) is 10.9 Å². The van der Waals surface area contributed by atoms with Crippen molar-refractivity contribution in [1.29, 1.82) is 0 Å². The van der Waals surface area contributed by atoms with Gasteiger partial charge in [-0.3, -0.25) is 19.2 Å². The normalized spacial score (nSPS) is 12.3. The average molecular weight is 379 g/mol. The molecule has 0 saturated carbocycles. The number of ketones is 1. The van der Waals surface area contributed by atoms with E-state index in [0.29, 0.717) is 5.56 Å². The summed E-state index contributed by atoms with van der Waals surface area (Å²) >= 11 is 0.793. The molecule has 0 fully saturated rings. The quantitative estimate of drug-likeness (QED) is 0.733. The van der Waals surface area contributed by atoms with Gasteiger partial charge in [0.1, 0.15) is 6.54 Å². The molecule has 0 aliphatic heterocycles. The Morgan fingerprint density at radius 3 is 2.08 bits per heavy atom. The van der Waals surface area contributed by atoms with E-state index in [1.807, 2.05) is 12.1 Å². The van der Waals surface area contributed by atoms with E-state index in [1.54, 1.807) is 12.1 Å². The fourth-order valence-corrected chi connectivity index (χ4v) is 3.18. The molecule has 0 saturated heterocycles. The zero-order valence-corrected chi connectivity index (χ0v) is 16.6. The minimum Gasteiger partial charge on any atom is -0.480 e. The number of hydrogen-bond acceptors (Lipinski definition) is 5. The molecule has 142 valence electrons. The lowest BCUT2D eigenvalue weighted by Crippen LogP contribution is -2.35. The first kappa shape index (κ1) is 21.9. The molecule has 1 aromatic rings. The lowest BCUT2D eigenvalue weighted by molar-refractivity contribution is -0.143. The summed E-state index contributed by atoms with van der Waals surface area (Å²) in [5.74, 6) is -1.95. The van der Waals surface area contributed by atoms with Crippen molar-refractivity contribution >= 4 is 34.5 Å². The van der Waals surface area contributed by atoms with Gasteiger partial charge in [0.25, 0.3) is 0 Å². The number of likely N-dealkylation sites (N-methyl/N-ethyl adjacent to an activating group) is 1. The Hall–Kier alpha value is -2.15. The molecule has 1 aromatic carbocycles.